The maximum Gasteiger partial charge on any atom is 0.220 e. The Balaban J connectivity index is 0.00000121. The third kappa shape index (κ3) is 5.24. The van der Waals surface area contributed by atoms with E-state index in [0.717, 1.165) is 24.2 Å². The van der Waals surface area contributed by atoms with Crippen molar-refractivity contribution in [3.8, 4) is 0 Å². The number of aromatic nitrogens is 1. The Morgan fingerprint density at radius 3 is 2.58 bits per heavy atom. The Morgan fingerprint density at radius 1 is 1.23 bits per heavy atom. The molecule has 2 saturated carbocycles. The highest BCUT2D eigenvalue weighted by molar-refractivity contribution is 7.13. The van der Waals surface area contributed by atoms with Gasteiger partial charge >= 0.3 is 0 Å². The topological polar surface area (TPSA) is 71.2 Å². The fraction of sp³-hybridized carbons (Fsp3) is 0.778. The second kappa shape index (κ2) is 9.58. The lowest BCUT2D eigenvalue weighted by Gasteiger charge is -2.23. The summed E-state index contributed by atoms with van der Waals surface area (Å²) in [6.45, 7) is 2.25. The van der Waals surface area contributed by atoms with E-state index in [4.69, 9.17) is 5.73 Å². The molecule has 4 rings (SSSR count). The van der Waals surface area contributed by atoms with Crippen LogP contribution in [0.2, 0.25) is 0 Å². The smallest absolute Gasteiger partial charge is 0.220 e. The number of nitrogens with one attached hydrogen (secondary N) is 1. The van der Waals surface area contributed by atoms with Gasteiger partial charge in [0.25, 0.3) is 0 Å². The number of carbonyl (C=O) groups is 1. The molecule has 2 aliphatic carbocycles. The first-order chi connectivity index (χ1) is 11.7. The molecule has 3 fully saturated rings. The van der Waals surface area contributed by atoms with Crippen LogP contribution in [0, 0.1) is 11.8 Å². The maximum absolute atomic E-state index is 12.4. The third-order valence-electron chi connectivity index (χ3n) is 5.99. The van der Waals surface area contributed by atoms with Crippen molar-refractivity contribution in [2.45, 2.75) is 63.5 Å². The maximum atomic E-state index is 12.4. The zero-order valence-electron chi connectivity index (χ0n) is 15.1. The lowest BCUT2D eigenvalue weighted by Crippen LogP contribution is -2.42. The highest BCUT2D eigenvalue weighted by Crippen LogP contribution is 2.42. The lowest BCUT2D eigenvalue weighted by atomic mass is 9.98. The lowest BCUT2D eigenvalue weighted by molar-refractivity contribution is -0.122. The van der Waals surface area contributed by atoms with Gasteiger partial charge in [0, 0.05) is 37.0 Å². The van der Waals surface area contributed by atoms with Gasteiger partial charge in [0.1, 0.15) is 0 Å². The quantitative estimate of drug-likeness (QED) is 0.740. The van der Waals surface area contributed by atoms with Crippen LogP contribution in [0.3, 0.4) is 0 Å². The van der Waals surface area contributed by atoms with Crippen LogP contribution in [0.1, 0.15) is 50.6 Å². The summed E-state index contributed by atoms with van der Waals surface area (Å²) in [6, 6.07) is 1.12. The molecule has 3 aliphatic rings. The van der Waals surface area contributed by atoms with Gasteiger partial charge in [0.15, 0.2) is 5.13 Å². The molecule has 26 heavy (non-hydrogen) atoms. The Labute approximate surface area is 172 Å². The number of anilines is 1. The molecule has 148 valence electrons. The number of rotatable bonds is 6. The van der Waals surface area contributed by atoms with Crippen LogP contribution in [0.15, 0.2) is 5.38 Å². The van der Waals surface area contributed by atoms with Crippen molar-refractivity contribution < 1.29 is 4.79 Å². The van der Waals surface area contributed by atoms with Gasteiger partial charge in [-0.1, -0.05) is 12.8 Å². The van der Waals surface area contributed by atoms with E-state index in [0.29, 0.717) is 29.9 Å². The summed E-state index contributed by atoms with van der Waals surface area (Å²) in [5, 5.41) is 5.88. The number of amides is 1. The summed E-state index contributed by atoms with van der Waals surface area (Å²) < 4.78 is 0. The molecule has 1 amide bonds. The first-order valence-corrected chi connectivity index (χ1v) is 10.3. The van der Waals surface area contributed by atoms with Crippen molar-refractivity contribution in [2.24, 2.45) is 11.8 Å². The SMILES string of the molecule is Cl.Cl.Nc1nc(CCC(=O)N[C@H]2CN(C3CCCC3)C[C@@H]2C2CC2)cs1. The minimum absolute atomic E-state index is 0. The predicted octanol–water partition coefficient (Wildman–Crippen LogP) is 3.27. The van der Waals surface area contributed by atoms with E-state index >= 15 is 0 Å². The minimum atomic E-state index is 0. The first-order valence-electron chi connectivity index (χ1n) is 9.42. The summed E-state index contributed by atoms with van der Waals surface area (Å²) in [4.78, 5) is 19.3. The van der Waals surface area contributed by atoms with Crippen LogP contribution in [0.4, 0.5) is 5.13 Å². The Morgan fingerprint density at radius 2 is 1.96 bits per heavy atom. The van der Waals surface area contributed by atoms with Crippen LogP contribution in [-0.4, -0.2) is 41.0 Å². The Hall–Kier alpha value is -0.560. The number of nitrogen functional groups attached to an aromatic ring is 1. The molecular formula is C18H30Cl2N4OS. The van der Waals surface area contributed by atoms with Crippen LogP contribution in [0.5, 0.6) is 0 Å². The standard InChI is InChI=1S/C18H28N4OS.2ClH/c19-18-20-13(11-24-18)7-8-17(23)21-16-10-22(14-3-1-2-4-14)9-15(16)12-5-6-12;;/h11-12,14-16H,1-10H2,(H2,19,20)(H,21,23);2*1H/t15-,16+;;/m1../s1. The summed E-state index contributed by atoms with van der Waals surface area (Å²) in [6.07, 6.45) is 9.37. The zero-order valence-corrected chi connectivity index (χ0v) is 17.5. The number of carbonyl (C=O) groups excluding carboxylic acids is 1. The molecule has 0 aromatic carbocycles. The average Bonchev–Trinajstić information content (AvgIpc) is 2.98. The molecule has 1 aromatic rings. The predicted molar refractivity (Wildman–Crippen MR) is 111 cm³/mol. The summed E-state index contributed by atoms with van der Waals surface area (Å²) in [5.74, 6) is 1.69. The van der Waals surface area contributed by atoms with E-state index in [1.807, 2.05) is 5.38 Å². The van der Waals surface area contributed by atoms with Gasteiger partial charge in [0.05, 0.1) is 5.69 Å². The van der Waals surface area contributed by atoms with E-state index in [1.54, 1.807) is 0 Å². The van der Waals surface area contributed by atoms with Crippen molar-refractivity contribution in [1.82, 2.24) is 15.2 Å². The molecule has 2 atom stereocenters. The van der Waals surface area contributed by atoms with Crippen LogP contribution in [0.25, 0.3) is 0 Å². The zero-order chi connectivity index (χ0) is 16.5. The number of hydrogen-bond acceptors (Lipinski definition) is 5. The molecule has 0 bridgehead atoms. The molecule has 8 heteroatoms. The molecular weight excluding hydrogens is 391 g/mol. The molecule has 1 aromatic heterocycles. The number of halogens is 2. The van der Waals surface area contributed by atoms with Crippen molar-refractivity contribution in [3.63, 3.8) is 0 Å². The van der Waals surface area contributed by atoms with Gasteiger partial charge in [-0.3, -0.25) is 9.69 Å². The van der Waals surface area contributed by atoms with E-state index < -0.39 is 0 Å². The molecule has 3 N–H and O–H groups in total. The third-order valence-corrected chi connectivity index (χ3v) is 6.71. The number of thiazole rings is 1. The highest BCUT2D eigenvalue weighted by atomic mass is 35.5. The molecule has 0 unspecified atom stereocenters. The molecule has 1 saturated heterocycles. The summed E-state index contributed by atoms with van der Waals surface area (Å²) >= 11 is 1.44. The normalized spacial score (nSPS) is 26.3. The second-order valence-corrected chi connectivity index (χ2v) is 8.63. The number of aryl methyl sites for hydroxylation is 1. The summed E-state index contributed by atoms with van der Waals surface area (Å²) in [7, 11) is 0. The van der Waals surface area contributed by atoms with Crippen LogP contribution < -0.4 is 11.1 Å². The number of nitrogens with zero attached hydrogens (tertiary/aromatic N) is 2. The molecule has 2 heterocycles. The van der Waals surface area contributed by atoms with Crippen molar-refractivity contribution >= 4 is 47.2 Å². The molecule has 0 spiro atoms. The Bertz CT molecular complexity index is 590. The van der Waals surface area contributed by atoms with E-state index in [-0.39, 0.29) is 30.7 Å². The van der Waals surface area contributed by atoms with Gasteiger partial charge < -0.3 is 11.1 Å². The second-order valence-electron chi connectivity index (χ2n) is 7.74. The van der Waals surface area contributed by atoms with Gasteiger partial charge in [-0.25, -0.2) is 4.98 Å². The van der Waals surface area contributed by atoms with E-state index in [2.05, 4.69) is 15.2 Å². The van der Waals surface area contributed by atoms with Gasteiger partial charge in [0.2, 0.25) is 5.91 Å². The van der Waals surface area contributed by atoms with Crippen LogP contribution >= 0.6 is 36.2 Å². The molecule has 5 nitrogen and oxygen atoms in total. The monoisotopic (exact) mass is 420 g/mol. The number of hydrogen-bond donors (Lipinski definition) is 2. The Kier molecular flexibility index (Phi) is 8.01. The number of likely N-dealkylation sites (tertiary alicyclic amines) is 1. The largest absolute Gasteiger partial charge is 0.375 e. The molecule has 1 aliphatic heterocycles. The van der Waals surface area contributed by atoms with Crippen molar-refractivity contribution in [3.05, 3.63) is 11.1 Å². The minimum Gasteiger partial charge on any atom is -0.375 e. The average molecular weight is 421 g/mol. The van der Waals surface area contributed by atoms with Gasteiger partial charge in [-0.15, -0.1) is 36.2 Å². The van der Waals surface area contributed by atoms with Crippen LogP contribution in [-0.2, 0) is 11.2 Å². The molecule has 0 radical (unpaired) electrons. The van der Waals surface area contributed by atoms with Gasteiger partial charge in [-0.05, 0) is 43.9 Å². The fourth-order valence-corrected chi connectivity index (χ4v) is 5.14. The van der Waals surface area contributed by atoms with Crippen molar-refractivity contribution in [2.75, 3.05) is 18.8 Å². The fourth-order valence-electron chi connectivity index (χ4n) is 4.54. The highest BCUT2D eigenvalue weighted by Gasteiger charge is 2.44. The van der Waals surface area contributed by atoms with Gasteiger partial charge in [-0.2, -0.15) is 0 Å². The number of nitrogens with two attached hydrogens (primary N) is 1. The van der Waals surface area contributed by atoms with E-state index in [9.17, 15) is 4.79 Å². The van der Waals surface area contributed by atoms with Crippen molar-refractivity contribution in [1.29, 1.82) is 0 Å². The summed E-state index contributed by atoms with van der Waals surface area (Å²) in [5.41, 5.74) is 6.59. The van der Waals surface area contributed by atoms with E-state index in [1.165, 1.54) is 56.4 Å². The first kappa shape index (κ1) is 21.7.